The fraction of sp³-hybridized carbons (Fsp3) is 0.0909. The maximum atomic E-state index is 11.0. The molecule has 0 aliphatic heterocycles. The zero-order chi connectivity index (χ0) is 10.7. The maximum Gasteiger partial charge on any atom is 0.248 e. The normalized spacial score (nSPS) is 10.2. The van der Waals surface area contributed by atoms with Crippen molar-refractivity contribution in [2.45, 2.75) is 6.42 Å². The molecule has 0 fully saturated rings. The molecule has 0 saturated carbocycles. The molecule has 4 heteroatoms. The van der Waals surface area contributed by atoms with Gasteiger partial charge in [0.2, 0.25) is 5.56 Å². The first kappa shape index (κ1) is 9.93. The number of nitrogens with one attached hydrogen (secondary N) is 1. The average Bonchev–Trinajstić information content (AvgIpc) is 2.22. The first-order valence-corrected chi connectivity index (χ1v) is 4.90. The number of pyridine rings is 2. The van der Waals surface area contributed by atoms with Gasteiger partial charge in [0.15, 0.2) is 0 Å². The van der Waals surface area contributed by atoms with Gasteiger partial charge in [0.1, 0.15) is 5.15 Å². The van der Waals surface area contributed by atoms with Gasteiger partial charge in [-0.3, -0.25) is 4.79 Å². The van der Waals surface area contributed by atoms with Crippen LogP contribution in [0.5, 0.6) is 0 Å². The Bertz CT molecular complexity index is 504. The van der Waals surface area contributed by atoms with Crippen LogP contribution in [-0.4, -0.2) is 9.97 Å². The summed E-state index contributed by atoms with van der Waals surface area (Å²) < 4.78 is 0. The van der Waals surface area contributed by atoms with Crippen molar-refractivity contribution < 1.29 is 0 Å². The van der Waals surface area contributed by atoms with Crippen LogP contribution in [0, 0.1) is 0 Å². The maximum absolute atomic E-state index is 11.0. The minimum absolute atomic E-state index is 0.0885. The average molecular weight is 221 g/mol. The Labute approximate surface area is 91.8 Å². The first-order valence-electron chi connectivity index (χ1n) is 4.53. The lowest BCUT2D eigenvalue weighted by molar-refractivity contribution is 1.03. The fourth-order valence-corrected chi connectivity index (χ4v) is 1.44. The van der Waals surface area contributed by atoms with E-state index in [9.17, 15) is 4.79 Å². The van der Waals surface area contributed by atoms with Gasteiger partial charge in [-0.2, -0.15) is 0 Å². The van der Waals surface area contributed by atoms with Gasteiger partial charge in [-0.25, -0.2) is 4.98 Å². The summed E-state index contributed by atoms with van der Waals surface area (Å²) in [5.41, 5.74) is 1.79. The molecule has 0 saturated heterocycles. The number of nitrogens with zero attached hydrogens (tertiary/aromatic N) is 1. The Morgan fingerprint density at radius 2 is 2.13 bits per heavy atom. The van der Waals surface area contributed by atoms with E-state index in [-0.39, 0.29) is 5.56 Å². The molecule has 0 atom stereocenters. The van der Waals surface area contributed by atoms with Gasteiger partial charge in [-0.1, -0.05) is 23.7 Å². The quantitative estimate of drug-likeness (QED) is 0.787. The van der Waals surface area contributed by atoms with Crippen LogP contribution in [0.1, 0.15) is 11.3 Å². The smallest absolute Gasteiger partial charge is 0.248 e. The number of aromatic nitrogens is 2. The van der Waals surface area contributed by atoms with Crippen LogP contribution < -0.4 is 5.56 Å². The molecular formula is C11H9ClN2O. The van der Waals surface area contributed by atoms with Crippen molar-refractivity contribution in [3.05, 3.63) is 63.3 Å². The summed E-state index contributed by atoms with van der Waals surface area (Å²) in [4.78, 5) is 17.8. The van der Waals surface area contributed by atoms with Crippen LogP contribution >= 0.6 is 11.6 Å². The third-order valence-electron chi connectivity index (χ3n) is 2.01. The minimum Gasteiger partial charge on any atom is -0.326 e. The molecule has 0 bridgehead atoms. The van der Waals surface area contributed by atoms with E-state index in [4.69, 9.17) is 11.6 Å². The summed E-state index contributed by atoms with van der Waals surface area (Å²) in [6.07, 6.45) is 2.36. The molecule has 2 heterocycles. The molecule has 0 aromatic carbocycles. The Hall–Kier alpha value is -1.61. The number of hydrogen-bond donors (Lipinski definition) is 1. The van der Waals surface area contributed by atoms with Gasteiger partial charge in [0.05, 0.1) is 0 Å². The predicted molar refractivity (Wildman–Crippen MR) is 59.1 cm³/mol. The van der Waals surface area contributed by atoms with E-state index in [2.05, 4.69) is 9.97 Å². The van der Waals surface area contributed by atoms with Gasteiger partial charge >= 0.3 is 0 Å². The molecule has 0 aliphatic rings. The van der Waals surface area contributed by atoms with Crippen LogP contribution in [0.15, 0.2) is 41.3 Å². The van der Waals surface area contributed by atoms with Gasteiger partial charge in [0.25, 0.3) is 0 Å². The summed E-state index contributed by atoms with van der Waals surface area (Å²) in [6, 6.07) is 8.72. The molecule has 0 radical (unpaired) electrons. The summed E-state index contributed by atoms with van der Waals surface area (Å²) in [5, 5.41) is 0.473. The minimum atomic E-state index is -0.0885. The second-order valence-electron chi connectivity index (χ2n) is 3.21. The lowest BCUT2D eigenvalue weighted by atomic mass is 10.1. The van der Waals surface area contributed by atoms with Gasteiger partial charge < -0.3 is 4.98 Å². The van der Waals surface area contributed by atoms with E-state index in [1.54, 1.807) is 18.3 Å². The van der Waals surface area contributed by atoms with E-state index >= 15 is 0 Å². The van der Waals surface area contributed by atoms with Crippen molar-refractivity contribution in [3.63, 3.8) is 0 Å². The Morgan fingerprint density at radius 1 is 1.27 bits per heavy atom. The van der Waals surface area contributed by atoms with Crippen LogP contribution in [0.3, 0.4) is 0 Å². The number of H-pyrrole nitrogens is 1. The highest BCUT2D eigenvalue weighted by atomic mass is 35.5. The SMILES string of the molecule is O=c1cccc(Cc2ccc(Cl)nc2)[nH]1. The molecule has 0 amide bonds. The van der Waals surface area contributed by atoms with Gasteiger partial charge in [0, 0.05) is 24.4 Å². The van der Waals surface area contributed by atoms with E-state index < -0.39 is 0 Å². The molecule has 76 valence electrons. The summed E-state index contributed by atoms with van der Waals surface area (Å²) in [6.45, 7) is 0. The lowest BCUT2D eigenvalue weighted by Crippen LogP contribution is -2.06. The van der Waals surface area contributed by atoms with Crippen molar-refractivity contribution in [2.24, 2.45) is 0 Å². The molecule has 1 N–H and O–H groups in total. The molecule has 2 aromatic rings. The zero-order valence-corrected chi connectivity index (χ0v) is 8.66. The molecule has 3 nitrogen and oxygen atoms in total. The van der Waals surface area contributed by atoms with E-state index in [1.807, 2.05) is 12.1 Å². The van der Waals surface area contributed by atoms with E-state index in [1.165, 1.54) is 6.07 Å². The molecule has 2 aromatic heterocycles. The zero-order valence-electron chi connectivity index (χ0n) is 7.90. The molecule has 2 rings (SSSR count). The lowest BCUT2D eigenvalue weighted by Gasteiger charge is -2.00. The Morgan fingerprint density at radius 3 is 2.80 bits per heavy atom. The van der Waals surface area contributed by atoms with Crippen LogP contribution in [0.2, 0.25) is 5.15 Å². The second kappa shape index (κ2) is 4.28. The Kier molecular flexibility index (Phi) is 2.83. The third-order valence-corrected chi connectivity index (χ3v) is 2.24. The van der Waals surface area contributed by atoms with Crippen molar-refractivity contribution in [1.29, 1.82) is 0 Å². The number of hydrogen-bond acceptors (Lipinski definition) is 2. The largest absolute Gasteiger partial charge is 0.326 e. The molecule has 0 spiro atoms. The monoisotopic (exact) mass is 220 g/mol. The molecule has 15 heavy (non-hydrogen) atoms. The topological polar surface area (TPSA) is 45.8 Å². The number of aromatic amines is 1. The highest BCUT2D eigenvalue weighted by Gasteiger charge is 1.97. The summed E-state index contributed by atoms with van der Waals surface area (Å²) in [5.74, 6) is 0. The van der Waals surface area contributed by atoms with Crippen LogP contribution in [-0.2, 0) is 6.42 Å². The number of rotatable bonds is 2. The van der Waals surface area contributed by atoms with Crippen LogP contribution in [0.4, 0.5) is 0 Å². The Balaban J connectivity index is 2.22. The summed E-state index contributed by atoms with van der Waals surface area (Å²) in [7, 11) is 0. The molecule has 0 aliphatic carbocycles. The van der Waals surface area contributed by atoms with E-state index in [0.29, 0.717) is 11.6 Å². The molecular weight excluding hydrogens is 212 g/mol. The van der Waals surface area contributed by atoms with Crippen LogP contribution in [0.25, 0.3) is 0 Å². The van der Waals surface area contributed by atoms with Crippen molar-refractivity contribution in [2.75, 3.05) is 0 Å². The standard InChI is InChI=1S/C11H9ClN2O/c12-10-5-4-8(7-13-10)6-9-2-1-3-11(15)14-9/h1-5,7H,6H2,(H,14,15). The van der Waals surface area contributed by atoms with E-state index in [0.717, 1.165) is 11.3 Å². The van der Waals surface area contributed by atoms with Crippen molar-refractivity contribution >= 4 is 11.6 Å². The van der Waals surface area contributed by atoms with Gasteiger partial charge in [-0.05, 0) is 17.7 Å². The summed E-state index contributed by atoms with van der Waals surface area (Å²) >= 11 is 5.67. The first-order chi connectivity index (χ1) is 7.24. The third kappa shape index (κ3) is 2.67. The van der Waals surface area contributed by atoms with Gasteiger partial charge in [-0.15, -0.1) is 0 Å². The predicted octanol–water partition coefficient (Wildman–Crippen LogP) is 2.01. The van der Waals surface area contributed by atoms with Crippen molar-refractivity contribution in [1.82, 2.24) is 9.97 Å². The number of halogens is 1. The van der Waals surface area contributed by atoms with Crippen molar-refractivity contribution in [3.8, 4) is 0 Å². The molecule has 0 unspecified atom stereocenters. The fourth-order valence-electron chi connectivity index (χ4n) is 1.33. The highest BCUT2D eigenvalue weighted by molar-refractivity contribution is 6.29. The highest BCUT2D eigenvalue weighted by Crippen LogP contribution is 2.08. The second-order valence-corrected chi connectivity index (χ2v) is 3.59.